The zero-order valence-electron chi connectivity index (χ0n) is 10.6. The van der Waals surface area contributed by atoms with Crippen LogP contribution in [0.4, 0.5) is 0 Å². The summed E-state index contributed by atoms with van der Waals surface area (Å²) < 4.78 is 2.20. The molecule has 0 aliphatic heterocycles. The molecule has 17 heavy (non-hydrogen) atoms. The van der Waals surface area contributed by atoms with E-state index in [1.54, 1.807) is 0 Å². The number of nitrogens with zero attached hydrogens (tertiary/aromatic N) is 3. The highest BCUT2D eigenvalue weighted by Gasteiger charge is 2.39. The largest absolute Gasteiger partial charge is 0.324 e. The molecule has 2 aliphatic carbocycles. The van der Waals surface area contributed by atoms with E-state index in [2.05, 4.69) is 21.7 Å². The minimum atomic E-state index is 0.498. The maximum atomic E-state index is 5.68. The van der Waals surface area contributed by atoms with Crippen molar-refractivity contribution in [2.45, 2.75) is 52.1 Å². The molecule has 0 amide bonds. The van der Waals surface area contributed by atoms with Crippen molar-refractivity contribution in [3.05, 3.63) is 11.6 Å². The van der Waals surface area contributed by atoms with Crippen LogP contribution in [0.15, 0.2) is 0 Å². The first-order chi connectivity index (χ1) is 8.31. The molecule has 0 saturated heterocycles. The molecule has 94 valence electrons. The SMILES string of the molecule is CCn1c(CN)nnc1CC1CC2CCC1C2. The maximum Gasteiger partial charge on any atom is 0.146 e. The van der Waals surface area contributed by atoms with Crippen molar-refractivity contribution in [2.75, 3.05) is 0 Å². The van der Waals surface area contributed by atoms with Crippen molar-refractivity contribution in [3.8, 4) is 0 Å². The van der Waals surface area contributed by atoms with Crippen LogP contribution in [0.1, 0.15) is 44.3 Å². The molecule has 1 heterocycles. The summed E-state index contributed by atoms with van der Waals surface area (Å²) in [5.41, 5.74) is 5.68. The normalized spacial score (nSPS) is 31.3. The third kappa shape index (κ3) is 1.88. The average molecular weight is 234 g/mol. The fourth-order valence-electron chi connectivity index (χ4n) is 3.90. The first-order valence-electron chi connectivity index (χ1n) is 6.92. The maximum absolute atomic E-state index is 5.68. The minimum Gasteiger partial charge on any atom is -0.324 e. The minimum absolute atomic E-state index is 0.498. The zero-order valence-corrected chi connectivity index (χ0v) is 10.6. The molecule has 1 aromatic heterocycles. The quantitative estimate of drug-likeness (QED) is 0.863. The molecular weight excluding hydrogens is 212 g/mol. The Balaban J connectivity index is 1.74. The Morgan fingerprint density at radius 2 is 2.06 bits per heavy atom. The Bertz CT molecular complexity index is 398. The second-order valence-electron chi connectivity index (χ2n) is 5.62. The van der Waals surface area contributed by atoms with E-state index in [1.165, 1.54) is 25.7 Å². The standard InChI is InChI=1S/C13H22N4/c1-2-17-12(15-16-13(17)8-14)7-11-6-9-3-4-10(11)5-9/h9-11H,2-8,14H2,1H3. The Morgan fingerprint density at radius 1 is 1.24 bits per heavy atom. The van der Waals surface area contributed by atoms with Crippen LogP contribution in [-0.2, 0) is 19.5 Å². The van der Waals surface area contributed by atoms with Gasteiger partial charge in [0.1, 0.15) is 11.6 Å². The predicted molar refractivity (Wildman–Crippen MR) is 66.2 cm³/mol. The molecule has 2 bridgehead atoms. The Kier molecular flexibility index (Phi) is 2.90. The van der Waals surface area contributed by atoms with Crippen molar-refractivity contribution in [1.29, 1.82) is 0 Å². The van der Waals surface area contributed by atoms with Crippen LogP contribution in [0.5, 0.6) is 0 Å². The lowest BCUT2D eigenvalue weighted by Gasteiger charge is -2.21. The van der Waals surface area contributed by atoms with Crippen LogP contribution in [0.2, 0.25) is 0 Å². The summed E-state index contributed by atoms with van der Waals surface area (Å²) in [6.45, 7) is 3.58. The molecule has 4 nitrogen and oxygen atoms in total. The van der Waals surface area contributed by atoms with Crippen LogP contribution in [0.25, 0.3) is 0 Å². The highest BCUT2D eigenvalue weighted by atomic mass is 15.3. The fraction of sp³-hybridized carbons (Fsp3) is 0.846. The molecule has 0 spiro atoms. The molecule has 2 N–H and O–H groups in total. The Labute approximate surface area is 103 Å². The van der Waals surface area contributed by atoms with Gasteiger partial charge in [-0.2, -0.15) is 0 Å². The predicted octanol–water partition coefficient (Wildman–Crippen LogP) is 1.74. The molecule has 3 unspecified atom stereocenters. The van der Waals surface area contributed by atoms with Crippen molar-refractivity contribution in [1.82, 2.24) is 14.8 Å². The van der Waals surface area contributed by atoms with E-state index in [9.17, 15) is 0 Å². The van der Waals surface area contributed by atoms with Gasteiger partial charge in [0.15, 0.2) is 0 Å². The summed E-state index contributed by atoms with van der Waals surface area (Å²) in [5.74, 6) is 4.92. The van der Waals surface area contributed by atoms with Gasteiger partial charge in [-0.1, -0.05) is 6.42 Å². The number of hydrogen-bond donors (Lipinski definition) is 1. The van der Waals surface area contributed by atoms with Crippen LogP contribution in [-0.4, -0.2) is 14.8 Å². The Morgan fingerprint density at radius 3 is 2.65 bits per heavy atom. The second-order valence-corrected chi connectivity index (χ2v) is 5.62. The molecule has 2 fully saturated rings. The number of fused-ring (bicyclic) bond motifs is 2. The fourth-order valence-corrected chi connectivity index (χ4v) is 3.90. The highest BCUT2D eigenvalue weighted by Crippen LogP contribution is 2.49. The lowest BCUT2D eigenvalue weighted by molar-refractivity contribution is 0.323. The van der Waals surface area contributed by atoms with Gasteiger partial charge in [0.25, 0.3) is 0 Å². The van der Waals surface area contributed by atoms with Gasteiger partial charge >= 0.3 is 0 Å². The Hall–Kier alpha value is -0.900. The summed E-state index contributed by atoms with van der Waals surface area (Å²) in [7, 11) is 0. The van der Waals surface area contributed by atoms with Crippen LogP contribution in [0.3, 0.4) is 0 Å². The van der Waals surface area contributed by atoms with E-state index in [0.29, 0.717) is 6.54 Å². The highest BCUT2D eigenvalue weighted by molar-refractivity contribution is 5.00. The summed E-state index contributed by atoms with van der Waals surface area (Å²) in [4.78, 5) is 0. The summed E-state index contributed by atoms with van der Waals surface area (Å²) >= 11 is 0. The number of nitrogens with two attached hydrogens (primary N) is 1. The first kappa shape index (κ1) is 11.2. The summed E-state index contributed by atoms with van der Waals surface area (Å²) in [6, 6.07) is 0. The van der Waals surface area contributed by atoms with Crippen LogP contribution in [0, 0.1) is 17.8 Å². The third-order valence-corrected chi connectivity index (χ3v) is 4.73. The van der Waals surface area contributed by atoms with Crippen molar-refractivity contribution < 1.29 is 0 Å². The second kappa shape index (κ2) is 4.41. The summed E-state index contributed by atoms with van der Waals surface area (Å²) in [6.07, 6.45) is 6.91. The number of hydrogen-bond acceptors (Lipinski definition) is 3. The van der Waals surface area contributed by atoms with E-state index in [1.807, 2.05) is 0 Å². The molecule has 3 atom stereocenters. The molecule has 2 aliphatic rings. The molecule has 4 heteroatoms. The molecule has 0 aromatic carbocycles. The monoisotopic (exact) mass is 234 g/mol. The van der Waals surface area contributed by atoms with Crippen molar-refractivity contribution in [3.63, 3.8) is 0 Å². The van der Waals surface area contributed by atoms with E-state index in [4.69, 9.17) is 5.73 Å². The number of rotatable bonds is 4. The average Bonchev–Trinajstić information content (AvgIpc) is 3.02. The van der Waals surface area contributed by atoms with Gasteiger partial charge in [-0.15, -0.1) is 10.2 Å². The lowest BCUT2D eigenvalue weighted by atomic mass is 9.86. The van der Waals surface area contributed by atoms with E-state index < -0.39 is 0 Å². The number of aromatic nitrogens is 3. The van der Waals surface area contributed by atoms with E-state index in [0.717, 1.165) is 42.4 Å². The van der Waals surface area contributed by atoms with Gasteiger partial charge in [-0.05, 0) is 43.9 Å². The van der Waals surface area contributed by atoms with Gasteiger partial charge in [-0.25, -0.2) is 0 Å². The zero-order chi connectivity index (χ0) is 11.8. The molecule has 3 rings (SSSR count). The smallest absolute Gasteiger partial charge is 0.146 e. The van der Waals surface area contributed by atoms with Crippen molar-refractivity contribution >= 4 is 0 Å². The van der Waals surface area contributed by atoms with E-state index in [-0.39, 0.29) is 0 Å². The first-order valence-corrected chi connectivity index (χ1v) is 6.92. The van der Waals surface area contributed by atoms with Gasteiger partial charge in [0, 0.05) is 13.0 Å². The lowest BCUT2D eigenvalue weighted by Crippen LogP contribution is -2.17. The van der Waals surface area contributed by atoms with Gasteiger partial charge in [0.2, 0.25) is 0 Å². The van der Waals surface area contributed by atoms with Gasteiger partial charge in [0.05, 0.1) is 6.54 Å². The van der Waals surface area contributed by atoms with Gasteiger partial charge in [-0.3, -0.25) is 0 Å². The molecule has 2 saturated carbocycles. The van der Waals surface area contributed by atoms with Crippen molar-refractivity contribution in [2.24, 2.45) is 23.5 Å². The molecule has 1 aromatic rings. The molecule has 0 radical (unpaired) electrons. The summed E-state index contributed by atoms with van der Waals surface area (Å²) in [5, 5.41) is 8.54. The van der Waals surface area contributed by atoms with Gasteiger partial charge < -0.3 is 10.3 Å². The third-order valence-electron chi connectivity index (χ3n) is 4.73. The van der Waals surface area contributed by atoms with E-state index >= 15 is 0 Å². The topological polar surface area (TPSA) is 56.7 Å². The van der Waals surface area contributed by atoms with Crippen LogP contribution >= 0.6 is 0 Å². The molecular formula is C13H22N4. The van der Waals surface area contributed by atoms with Crippen LogP contribution < -0.4 is 5.73 Å².